The first kappa shape index (κ1) is 17.4. The monoisotopic (exact) mass is 351 g/mol. The van der Waals surface area contributed by atoms with Crippen molar-refractivity contribution in [3.05, 3.63) is 45.9 Å². The number of rotatable bonds is 6. The lowest BCUT2D eigenvalue weighted by Gasteiger charge is -2.09. The maximum Gasteiger partial charge on any atom is 0.271 e. The molecule has 1 atom stereocenters. The smallest absolute Gasteiger partial charge is 0.271 e. The molecule has 1 heterocycles. The van der Waals surface area contributed by atoms with Crippen LogP contribution in [0.3, 0.4) is 0 Å². The minimum absolute atomic E-state index is 0.0899. The van der Waals surface area contributed by atoms with Crippen molar-refractivity contribution < 1.29 is 9.59 Å². The second-order valence-corrected chi connectivity index (χ2v) is 6.47. The van der Waals surface area contributed by atoms with Crippen LogP contribution in [0, 0.1) is 0 Å². The number of halogens is 1. The van der Waals surface area contributed by atoms with Crippen LogP contribution in [0.25, 0.3) is 0 Å². The van der Waals surface area contributed by atoms with Crippen molar-refractivity contribution in [2.75, 3.05) is 5.32 Å². The summed E-state index contributed by atoms with van der Waals surface area (Å²) >= 11 is 7.04. The molecule has 122 valence electrons. The standard InChI is InChI=1S/C16H18ClN3O2S/c1-3-10(2)18-15(22)13-9-23-16(19-13)20-14(21)8-11-4-6-12(17)7-5-11/h4-7,9-10H,3,8H2,1-2H3,(H,18,22)(H,19,20,21)/t10-/m1/s1. The van der Waals surface area contributed by atoms with Crippen molar-refractivity contribution in [3.8, 4) is 0 Å². The van der Waals surface area contributed by atoms with Gasteiger partial charge in [0.2, 0.25) is 5.91 Å². The summed E-state index contributed by atoms with van der Waals surface area (Å²) in [5, 5.41) is 8.22. The first-order chi connectivity index (χ1) is 11.0. The Morgan fingerprint density at radius 1 is 1.30 bits per heavy atom. The average Bonchev–Trinajstić information content (AvgIpc) is 2.98. The highest BCUT2D eigenvalue weighted by molar-refractivity contribution is 7.14. The van der Waals surface area contributed by atoms with E-state index in [0.29, 0.717) is 15.8 Å². The third-order valence-electron chi connectivity index (χ3n) is 3.25. The van der Waals surface area contributed by atoms with Crippen molar-refractivity contribution >= 4 is 39.9 Å². The predicted octanol–water partition coefficient (Wildman–Crippen LogP) is 3.51. The molecule has 2 rings (SSSR count). The fraction of sp³-hybridized carbons (Fsp3) is 0.312. The summed E-state index contributed by atoms with van der Waals surface area (Å²) in [6.07, 6.45) is 1.08. The largest absolute Gasteiger partial charge is 0.348 e. The highest BCUT2D eigenvalue weighted by atomic mass is 35.5. The van der Waals surface area contributed by atoms with Crippen LogP contribution in [0.1, 0.15) is 36.3 Å². The fourth-order valence-electron chi connectivity index (χ4n) is 1.79. The highest BCUT2D eigenvalue weighted by Gasteiger charge is 2.14. The molecule has 23 heavy (non-hydrogen) atoms. The number of anilines is 1. The molecule has 0 saturated heterocycles. The Morgan fingerprint density at radius 3 is 2.65 bits per heavy atom. The normalized spacial score (nSPS) is 11.8. The van der Waals surface area contributed by atoms with E-state index in [9.17, 15) is 9.59 Å². The van der Waals surface area contributed by atoms with Gasteiger partial charge in [-0.05, 0) is 31.0 Å². The van der Waals surface area contributed by atoms with Crippen LogP contribution >= 0.6 is 22.9 Å². The molecule has 1 aromatic carbocycles. The van der Waals surface area contributed by atoms with Gasteiger partial charge in [0.05, 0.1) is 6.42 Å². The van der Waals surface area contributed by atoms with Crippen molar-refractivity contribution in [1.29, 1.82) is 0 Å². The molecule has 0 aliphatic heterocycles. The minimum Gasteiger partial charge on any atom is -0.348 e. The van der Waals surface area contributed by atoms with Gasteiger partial charge >= 0.3 is 0 Å². The first-order valence-electron chi connectivity index (χ1n) is 7.28. The van der Waals surface area contributed by atoms with E-state index in [1.165, 1.54) is 11.3 Å². The van der Waals surface area contributed by atoms with E-state index in [2.05, 4.69) is 15.6 Å². The Bertz CT molecular complexity index is 685. The van der Waals surface area contributed by atoms with E-state index >= 15 is 0 Å². The van der Waals surface area contributed by atoms with Crippen LogP contribution in [-0.4, -0.2) is 22.8 Å². The number of hydrogen-bond donors (Lipinski definition) is 2. The summed E-state index contributed by atoms with van der Waals surface area (Å²) in [7, 11) is 0. The number of carbonyl (C=O) groups excluding carboxylic acids is 2. The Morgan fingerprint density at radius 2 is 2.00 bits per heavy atom. The van der Waals surface area contributed by atoms with Gasteiger partial charge in [-0.2, -0.15) is 0 Å². The van der Waals surface area contributed by atoms with Gasteiger partial charge in [-0.15, -0.1) is 11.3 Å². The number of carbonyl (C=O) groups is 2. The first-order valence-corrected chi connectivity index (χ1v) is 8.54. The SMILES string of the molecule is CC[C@@H](C)NC(=O)c1csc(NC(=O)Cc2ccc(Cl)cc2)n1. The van der Waals surface area contributed by atoms with E-state index in [1.54, 1.807) is 29.6 Å². The summed E-state index contributed by atoms with van der Waals surface area (Å²) < 4.78 is 0. The quantitative estimate of drug-likeness (QED) is 0.836. The fourth-order valence-corrected chi connectivity index (χ4v) is 2.62. The maximum absolute atomic E-state index is 12.0. The Kier molecular flexibility index (Phi) is 6.12. The van der Waals surface area contributed by atoms with Gasteiger partial charge in [-0.1, -0.05) is 30.7 Å². The van der Waals surface area contributed by atoms with Crippen LogP contribution in [0.15, 0.2) is 29.6 Å². The third-order valence-corrected chi connectivity index (χ3v) is 4.26. The molecule has 2 aromatic rings. The van der Waals surface area contributed by atoms with Crippen LogP contribution in [0.2, 0.25) is 5.02 Å². The molecular formula is C16H18ClN3O2S. The number of aromatic nitrogens is 1. The molecule has 0 spiro atoms. The maximum atomic E-state index is 12.0. The van der Waals surface area contributed by atoms with E-state index in [0.717, 1.165) is 12.0 Å². The van der Waals surface area contributed by atoms with Crippen molar-refractivity contribution in [2.45, 2.75) is 32.7 Å². The number of thiazole rings is 1. The molecule has 0 unspecified atom stereocenters. The minimum atomic E-state index is -0.228. The van der Waals surface area contributed by atoms with Gasteiger partial charge in [0.25, 0.3) is 5.91 Å². The molecule has 0 radical (unpaired) electrons. The van der Waals surface area contributed by atoms with Crippen molar-refractivity contribution in [3.63, 3.8) is 0 Å². The number of hydrogen-bond acceptors (Lipinski definition) is 4. The van der Waals surface area contributed by atoms with Gasteiger partial charge in [0, 0.05) is 16.4 Å². The molecule has 0 aliphatic rings. The van der Waals surface area contributed by atoms with Crippen LogP contribution < -0.4 is 10.6 Å². The van der Waals surface area contributed by atoms with E-state index in [-0.39, 0.29) is 24.3 Å². The van der Waals surface area contributed by atoms with Gasteiger partial charge in [0.15, 0.2) is 5.13 Å². The zero-order valence-electron chi connectivity index (χ0n) is 12.9. The molecule has 0 saturated carbocycles. The zero-order valence-corrected chi connectivity index (χ0v) is 14.5. The highest BCUT2D eigenvalue weighted by Crippen LogP contribution is 2.16. The van der Waals surface area contributed by atoms with Crippen LogP contribution in [0.4, 0.5) is 5.13 Å². The van der Waals surface area contributed by atoms with Crippen molar-refractivity contribution in [1.82, 2.24) is 10.3 Å². The summed E-state index contributed by atoms with van der Waals surface area (Å²) in [4.78, 5) is 28.1. The molecule has 1 aromatic heterocycles. The Labute approximate surface area is 144 Å². The number of amides is 2. The third kappa shape index (κ3) is 5.33. The van der Waals surface area contributed by atoms with E-state index in [1.807, 2.05) is 13.8 Å². The summed E-state index contributed by atoms with van der Waals surface area (Å²) in [6, 6.07) is 7.17. The van der Waals surface area contributed by atoms with Gasteiger partial charge < -0.3 is 10.6 Å². The number of nitrogens with one attached hydrogen (secondary N) is 2. The predicted molar refractivity (Wildman–Crippen MR) is 93.1 cm³/mol. The summed E-state index contributed by atoms with van der Waals surface area (Å²) in [6.45, 7) is 3.92. The molecular weight excluding hydrogens is 334 g/mol. The number of benzene rings is 1. The van der Waals surface area contributed by atoms with Gasteiger partial charge in [-0.3, -0.25) is 9.59 Å². The summed E-state index contributed by atoms with van der Waals surface area (Å²) in [5.74, 6) is -0.413. The molecule has 2 amide bonds. The van der Waals surface area contributed by atoms with Crippen LogP contribution in [-0.2, 0) is 11.2 Å². The van der Waals surface area contributed by atoms with Crippen molar-refractivity contribution in [2.24, 2.45) is 0 Å². The second-order valence-electron chi connectivity index (χ2n) is 5.17. The molecule has 2 N–H and O–H groups in total. The second kappa shape index (κ2) is 8.08. The molecule has 5 nitrogen and oxygen atoms in total. The average molecular weight is 352 g/mol. The van der Waals surface area contributed by atoms with E-state index in [4.69, 9.17) is 11.6 Å². The number of nitrogens with zero attached hydrogens (tertiary/aromatic N) is 1. The topological polar surface area (TPSA) is 71.1 Å². The lowest BCUT2D eigenvalue weighted by molar-refractivity contribution is -0.115. The summed E-state index contributed by atoms with van der Waals surface area (Å²) in [5.41, 5.74) is 1.18. The molecule has 0 aliphatic carbocycles. The van der Waals surface area contributed by atoms with Gasteiger partial charge in [0.1, 0.15) is 5.69 Å². The molecule has 7 heteroatoms. The lowest BCUT2D eigenvalue weighted by Crippen LogP contribution is -2.32. The lowest BCUT2D eigenvalue weighted by atomic mass is 10.1. The van der Waals surface area contributed by atoms with Gasteiger partial charge in [-0.25, -0.2) is 4.98 Å². The molecule has 0 bridgehead atoms. The molecule has 0 fully saturated rings. The Hall–Kier alpha value is -1.92. The Balaban J connectivity index is 1.92. The van der Waals surface area contributed by atoms with Crippen LogP contribution in [0.5, 0.6) is 0 Å². The zero-order chi connectivity index (χ0) is 16.8. The van der Waals surface area contributed by atoms with E-state index < -0.39 is 0 Å².